The number of hydrogen-bond acceptors (Lipinski definition) is 3. The predicted octanol–water partition coefficient (Wildman–Crippen LogP) is 0.486. The van der Waals surface area contributed by atoms with Gasteiger partial charge in [-0.2, -0.15) is 0 Å². The third kappa shape index (κ3) is 2.96. The molecule has 0 aromatic heterocycles. The van der Waals surface area contributed by atoms with E-state index in [1.165, 1.54) is 0 Å². The van der Waals surface area contributed by atoms with Gasteiger partial charge in [-0.05, 0) is 34.0 Å². The molecule has 2 atom stereocenters. The van der Waals surface area contributed by atoms with Crippen molar-refractivity contribution in [1.29, 1.82) is 0 Å². The smallest absolute Gasteiger partial charge is 0.304 e. The summed E-state index contributed by atoms with van der Waals surface area (Å²) in [7, 11) is 4.08. The lowest BCUT2D eigenvalue weighted by molar-refractivity contribution is -0.138. The van der Waals surface area contributed by atoms with Crippen molar-refractivity contribution in [2.75, 3.05) is 27.2 Å². The number of carboxylic acid groups (broad SMARTS) is 1. The van der Waals surface area contributed by atoms with Crippen molar-refractivity contribution in [3.63, 3.8) is 0 Å². The first kappa shape index (κ1) is 11.5. The predicted molar refractivity (Wildman–Crippen MR) is 55.4 cm³/mol. The molecule has 0 bridgehead atoms. The molecule has 0 amide bonds. The van der Waals surface area contributed by atoms with Gasteiger partial charge in [0.1, 0.15) is 0 Å². The summed E-state index contributed by atoms with van der Waals surface area (Å²) in [5.41, 5.74) is 0. The molecular weight excluding hydrogens is 180 g/mol. The Morgan fingerprint density at radius 2 is 2.07 bits per heavy atom. The maximum Gasteiger partial charge on any atom is 0.304 e. The zero-order valence-corrected chi connectivity index (χ0v) is 9.23. The highest BCUT2D eigenvalue weighted by Gasteiger charge is 2.25. The van der Waals surface area contributed by atoms with Crippen LogP contribution in [-0.4, -0.2) is 60.1 Å². The van der Waals surface area contributed by atoms with Crippen LogP contribution in [0.15, 0.2) is 0 Å². The molecule has 0 aromatic rings. The van der Waals surface area contributed by atoms with Crippen molar-refractivity contribution >= 4 is 5.97 Å². The van der Waals surface area contributed by atoms with Crippen LogP contribution in [0, 0.1) is 0 Å². The van der Waals surface area contributed by atoms with Gasteiger partial charge in [-0.15, -0.1) is 0 Å². The summed E-state index contributed by atoms with van der Waals surface area (Å²) >= 11 is 0. The number of carbonyl (C=O) groups is 1. The van der Waals surface area contributed by atoms with Crippen molar-refractivity contribution in [3.05, 3.63) is 0 Å². The van der Waals surface area contributed by atoms with E-state index in [4.69, 9.17) is 5.11 Å². The maximum atomic E-state index is 10.7. The summed E-state index contributed by atoms with van der Waals surface area (Å²) < 4.78 is 0. The van der Waals surface area contributed by atoms with Crippen LogP contribution in [0.3, 0.4) is 0 Å². The topological polar surface area (TPSA) is 43.8 Å². The Bertz CT molecular complexity index is 208. The molecule has 1 fully saturated rings. The molecular formula is C10H20N2O2. The highest BCUT2D eigenvalue weighted by Crippen LogP contribution is 2.14. The van der Waals surface area contributed by atoms with Crippen molar-refractivity contribution in [1.82, 2.24) is 9.80 Å². The number of hydrogen-bond donors (Lipinski definition) is 1. The molecule has 4 heteroatoms. The van der Waals surface area contributed by atoms with E-state index in [-0.39, 0.29) is 12.5 Å². The Hall–Kier alpha value is -0.610. The normalized spacial score (nSPS) is 31.4. The van der Waals surface area contributed by atoms with Crippen molar-refractivity contribution < 1.29 is 9.90 Å². The third-order valence-corrected chi connectivity index (χ3v) is 3.18. The molecule has 4 nitrogen and oxygen atoms in total. The summed E-state index contributed by atoms with van der Waals surface area (Å²) in [6.45, 7) is 4.03. The zero-order valence-electron chi connectivity index (χ0n) is 9.23. The Morgan fingerprint density at radius 1 is 1.43 bits per heavy atom. The van der Waals surface area contributed by atoms with Crippen LogP contribution in [-0.2, 0) is 4.79 Å². The second-order valence-electron chi connectivity index (χ2n) is 4.31. The molecule has 0 radical (unpaired) electrons. The minimum absolute atomic E-state index is 0.155. The van der Waals surface area contributed by atoms with Crippen LogP contribution in [0.1, 0.15) is 19.8 Å². The standard InChI is InChI=1S/C10H20N2O2/c1-8-4-5-11(2)9(6-10(13)14)7-12(8)3/h8-9H,4-7H2,1-3H3,(H,13,14). The van der Waals surface area contributed by atoms with Gasteiger partial charge in [-0.25, -0.2) is 0 Å². The van der Waals surface area contributed by atoms with Gasteiger partial charge in [0, 0.05) is 18.6 Å². The van der Waals surface area contributed by atoms with Crippen LogP contribution < -0.4 is 0 Å². The highest BCUT2D eigenvalue weighted by atomic mass is 16.4. The van der Waals surface area contributed by atoms with Crippen molar-refractivity contribution in [2.45, 2.75) is 31.8 Å². The Morgan fingerprint density at radius 3 is 2.64 bits per heavy atom. The third-order valence-electron chi connectivity index (χ3n) is 3.18. The van der Waals surface area contributed by atoms with E-state index in [0.717, 1.165) is 19.5 Å². The summed E-state index contributed by atoms with van der Waals surface area (Å²) in [6.07, 6.45) is 1.36. The fraction of sp³-hybridized carbons (Fsp3) is 0.900. The minimum Gasteiger partial charge on any atom is -0.481 e. The van der Waals surface area contributed by atoms with Crippen LogP contribution in [0.4, 0.5) is 0 Å². The zero-order chi connectivity index (χ0) is 10.7. The molecule has 0 spiro atoms. The first-order valence-electron chi connectivity index (χ1n) is 5.13. The molecule has 1 rings (SSSR count). The molecule has 1 aliphatic rings. The molecule has 1 saturated heterocycles. The van der Waals surface area contributed by atoms with E-state index in [1.807, 2.05) is 7.05 Å². The largest absolute Gasteiger partial charge is 0.481 e. The van der Waals surface area contributed by atoms with Crippen molar-refractivity contribution in [3.8, 4) is 0 Å². The van der Waals surface area contributed by atoms with Gasteiger partial charge in [0.05, 0.1) is 6.42 Å². The van der Waals surface area contributed by atoms with Gasteiger partial charge in [-0.3, -0.25) is 4.79 Å². The molecule has 0 aromatic carbocycles. The molecule has 0 aliphatic carbocycles. The van der Waals surface area contributed by atoms with Crippen LogP contribution in [0.2, 0.25) is 0 Å². The fourth-order valence-corrected chi connectivity index (χ4v) is 1.87. The first-order chi connectivity index (χ1) is 6.50. The van der Waals surface area contributed by atoms with Gasteiger partial charge < -0.3 is 14.9 Å². The quantitative estimate of drug-likeness (QED) is 0.704. The average molecular weight is 200 g/mol. The highest BCUT2D eigenvalue weighted by molar-refractivity contribution is 5.67. The van der Waals surface area contributed by atoms with Gasteiger partial charge in [0.2, 0.25) is 0 Å². The monoisotopic (exact) mass is 200 g/mol. The second-order valence-corrected chi connectivity index (χ2v) is 4.31. The average Bonchev–Trinajstić information content (AvgIpc) is 2.19. The Kier molecular flexibility index (Phi) is 3.89. The lowest BCUT2D eigenvalue weighted by atomic mass is 10.2. The summed E-state index contributed by atoms with van der Waals surface area (Å²) in [6, 6.07) is 0.707. The number of likely N-dealkylation sites (N-methyl/N-ethyl adjacent to an activating group) is 2. The molecule has 14 heavy (non-hydrogen) atoms. The van der Waals surface area contributed by atoms with Crippen LogP contribution in [0.5, 0.6) is 0 Å². The van der Waals surface area contributed by atoms with Gasteiger partial charge >= 0.3 is 5.97 Å². The molecule has 82 valence electrons. The van der Waals surface area contributed by atoms with E-state index in [2.05, 4.69) is 23.8 Å². The lowest BCUT2D eigenvalue weighted by Crippen LogP contribution is -2.40. The van der Waals surface area contributed by atoms with E-state index >= 15 is 0 Å². The van der Waals surface area contributed by atoms with Gasteiger partial charge in [-0.1, -0.05) is 0 Å². The number of rotatable bonds is 2. The Balaban J connectivity index is 2.59. The number of aliphatic carboxylic acids is 1. The first-order valence-corrected chi connectivity index (χ1v) is 5.13. The SMILES string of the molecule is CC1CCN(C)C(CC(=O)O)CN1C. The molecule has 0 saturated carbocycles. The summed E-state index contributed by atoms with van der Waals surface area (Å²) in [4.78, 5) is 15.1. The van der Waals surface area contributed by atoms with E-state index in [9.17, 15) is 4.79 Å². The van der Waals surface area contributed by atoms with E-state index in [1.54, 1.807) is 0 Å². The molecule has 2 unspecified atom stereocenters. The van der Waals surface area contributed by atoms with Crippen molar-refractivity contribution in [2.24, 2.45) is 0 Å². The number of carboxylic acids is 1. The van der Waals surface area contributed by atoms with E-state index < -0.39 is 5.97 Å². The van der Waals surface area contributed by atoms with Crippen LogP contribution >= 0.6 is 0 Å². The molecule has 1 heterocycles. The summed E-state index contributed by atoms with van der Waals surface area (Å²) in [5.74, 6) is -0.704. The second kappa shape index (κ2) is 4.75. The van der Waals surface area contributed by atoms with E-state index in [0.29, 0.717) is 6.04 Å². The van der Waals surface area contributed by atoms with Crippen LogP contribution in [0.25, 0.3) is 0 Å². The molecule has 1 N–H and O–H groups in total. The molecule has 1 aliphatic heterocycles. The maximum absolute atomic E-state index is 10.7. The fourth-order valence-electron chi connectivity index (χ4n) is 1.87. The summed E-state index contributed by atoms with van der Waals surface area (Å²) in [5, 5.41) is 8.78. The minimum atomic E-state index is -0.704. The van der Waals surface area contributed by atoms with Gasteiger partial charge in [0.15, 0.2) is 0 Å². The Labute approximate surface area is 85.5 Å². The lowest BCUT2D eigenvalue weighted by Gasteiger charge is -2.26. The number of nitrogens with zero attached hydrogens (tertiary/aromatic N) is 2. The van der Waals surface area contributed by atoms with Gasteiger partial charge in [0.25, 0.3) is 0 Å².